The number of unbranched alkanes of at least 4 members (excludes halogenated alkanes) is 4. The maximum atomic E-state index is 14.9. The topological polar surface area (TPSA) is 180 Å². The Bertz CT molecular complexity index is 1690. The zero-order valence-corrected chi connectivity index (χ0v) is 39.7. The molecule has 2 heterocycles. The molecule has 1 fully saturated rings. The second-order valence-electron chi connectivity index (χ2n) is 17.5. The highest BCUT2D eigenvalue weighted by atomic mass is 32.1. The molecule has 1 aromatic heterocycles. The van der Waals surface area contributed by atoms with E-state index in [0.717, 1.165) is 75.5 Å². The summed E-state index contributed by atoms with van der Waals surface area (Å²) in [5.74, 6) is -3.06. The number of carboxylic acids is 1. The van der Waals surface area contributed by atoms with Gasteiger partial charge in [0.1, 0.15) is 16.7 Å². The largest absolute Gasteiger partial charge is 0.481 e. The summed E-state index contributed by atoms with van der Waals surface area (Å²) in [6.07, 6.45) is 7.81. The van der Waals surface area contributed by atoms with Crippen LogP contribution in [0.5, 0.6) is 0 Å². The van der Waals surface area contributed by atoms with Gasteiger partial charge in [-0.1, -0.05) is 117 Å². The average Bonchev–Trinajstić information content (AvgIpc) is 3.74. The van der Waals surface area contributed by atoms with Crippen molar-refractivity contribution in [1.29, 1.82) is 0 Å². The lowest BCUT2D eigenvalue weighted by molar-refractivity contribution is -0.212. The minimum absolute atomic E-state index is 0.104. The number of ether oxygens (including phenoxy) is 1. The molecule has 0 saturated carbocycles. The van der Waals surface area contributed by atoms with Crippen LogP contribution in [0.15, 0.2) is 29.6 Å². The Morgan fingerprint density at radius 3 is 2.29 bits per heavy atom. The smallest absolute Gasteiger partial charge is 0.407 e. The first kappa shape index (κ1) is 52.3. The number of nitrogens with one attached hydrogen (secondary N) is 3. The van der Waals surface area contributed by atoms with E-state index in [1.807, 2.05) is 77.8 Å². The molecule has 4 amide bonds. The monoisotopic (exact) mass is 885 g/mol. The highest BCUT2D eigenvalue weighted by Gasteiger charge is 2.40. The number of hydroxylamine groups is 2. The molecule has 1 aliphatic heterocycles. The van der Waals surface area contributed by atoms with Gasteiger partial charge in [0.25, 0.3) is 11.8 Å². The Labute approximate surface area is 374 Å². The number of thiazole rings is 1. The standard InChI is InChI=1S/C47H76N6O8S/c1-10-13-15-18-26-60-53(45(56)41(33(7)12-3)51-43(55)38-19-16-17-25-52(38)9)39(31(4)5)29-40(61-47(59)48-24-14-11-2)44-50-37(30-62-44)42(54)49-36(27-34(8)46(57)58)28-35-22-20-32(6)21-23-35/h20-23,30-31,33-34,36,38-41H,10-19,24-29H2,1-9H3,(H,48,59)(H,49,54)(H,51,55)(H,57,58)/t33-,34-,36+,38+,39+,40+,41-/m0/s1. The molecule has 2 aromatic rings. The zero-order chi connectivity index (χ0) is 45.8. The van der Waals surface area contributed by atoms with E-state index in [1.165, 1.54) is 16.4 Å². The van der Waals surface area contributed by atoms with Crippen LogP contribution in [0.2, 0.25) is 0 Å². The van der Waals surface area contributed by atoms with Crippen LogP contribution in [0.4, 0.5) is 4.79 Å². The van der Waals surface area contributed by atoms with Gasteiger partial charge in [0.05, 0.1) is 24.6 Å². The van der Waals surface area contributed by atoms with Crippen molar-refractivity contribution in [2.75, 3.05) is 26.7 Å². The van der Waals surface area contributed by atoms with Crippen LogP contribution in [0.1, 0.15) is 158 Å². The van der Waals surface area contributed by atoms with Crippen molar-refractivity contribution in [3.8, 4) is 0 Å². The summed E-state index contributed by atoms with van der Waals surface area (Å²) in [5, 5.41) is 22.1. The van der Waals surface area contributed by atoms with Gasteiger partial charge in [-0.15, -0.1) is 11.3 Å². The first-order chi connectivity index (χ1) is 29.6. The van der Waals surface area contributed by atoms with Crippen LogP contribution in [-0.4, -0.2) is 101 Å². The van der Waals surface area contributed by atoms with Crippen LogP contribution in [0.3, 0.4) is 0 Å². The van der Waals surface area contributed by atoms with E-state index in [9.17, 15) is 29.1 Å². The molecular weight excluding hydrogens is 809 g/mol. The van der Waals surface area contributed by atoms with Gasteiger partial charge < -0.3 is 25.8 Å². The van der Waals surface area contributed by atoms with Crippen LogP contribution >= 0.6 is 11.3 Å². The van der Waals surface area contributed by atoms with Gasteiger partial charge >= 0.3 is 12.1 Å². The Kier molecular flexibility index (Phi) is 22.9. The summed E-state index contributed by atoms with van der Waals surface area (Å²) < 4.78 is 6.11. The Hall–Kier alpha value is -4.08. The molecule has 0 spiro atoms. The molecule has 1 aromatic carbocycles. The Morgan fingerprint density at radius 2 is 1.66 bits per heavy atom. The van der Waals surface area contributed by atoms with Crippen molar-refractivity contribution in [1.82, 2.24) is 30.9 Å². The fourth-order valence-electron chi connectivity index (χ4n) is 7.61. The number of hydrogen-bond donors (Lipinski definition) is 4. The molecule has 3 rings (SSSR count). The van der Waals surface area contributed by atoms with Gasteiger partial charge in [-0.25, -0.2) is 14.8 Å². The number of likely N-dealkylation sites (tertiary alicyclic amines) is 1. The number of aromatic nitrogens is 1. The normalized spacial score (nSPS) is 17.3. The summed E-state index contributed by atoms with van der Waals surface area (Å²) in [6, 6.07) is 5.60. The number of carbonyl (C=O) groups excluding carboxylic acids is 4. The lowest BCUT2D eigenvalue weighted by Gasteiger charge is -2.39. The molecule has 0 aliphatic carbocycles. The van der Waals surface area contributed by atoms with Gasteiger partial charge in [-0.2, -0.15) is 0 Å². The number of hydrogen-bond acceptors (Lipinski definition) is 10. The number of rotatable bonds is 27. The summed E-state index contributed by atoms with van der Waals surface area (Å²) >= 11 is 1.17. The minimum Gasteiger partial charge on any atom is -0.481 e. The number of likely N-dealkylation sites (N-methyl/N-ethyl adjacent to an activating group) is 1. The maximum absolute atomic E-state index is 14.9. The number of amides is 4. The van der Waals surface area contributed by atoms with Crippen molar-refractivity contribution in [3.05, 3.63) is 51.5 Å². The SMILES string of the molecule is CCCCCCON(C(=O)[C@@H](NC(=O)[C@H]1CCCCN1C)[C@@H](C)CC)[C@H](C[C@@H](OC(=O)NCCCC)c1nc(C(=O)N[C@@H](Cc2ccc(C)cc2)C[C@H](C)C(=O)O)cs1)C(C)C. The number of carbonyl (C=O) groups is 5. The van der Waals surface area contributed by atoms with Crippen molar-refractivity contribution in [3.63, 3.8) is 0 Å². The molecular formula is C47H76N6O8S. The molecule has 7 atom stereocenters. The number of aryl methyl sites for hydroxylation is 1. The van der Waals surface area contributed by atoms with Crippen LogP contribution in [0, 0.1) is 24.7 Å². The Balaban J connectivity index is 1.99. The third-order valence-electron chi connectivity index (χ3n) is 11.9. The summed E-state index contributed by atoms with van der Waals surface area (Å²) in [5.41, 5.74) is 2.16. The highest BCUT2D eigenvalue weighted by Crippen LogP contribution is 2.32. The fraction of sp³-hybridized carbons (Fsp3) is 0.702. The van der Waals surface area contributed by atoms with E-state index in [2.05, 4.69) is 22.9 Å². The lowest BCUT2D eigenvalue weighted by Crippen LogP contribution is -2.58. The van der Waals surface area contributed by atoms with E-state index in [-0.39, 0.29) is 54.8 Å². The molecule has 348 valence electrons. The molecule has 4 N–H and O–H groups in total. The summed E-state index contributed by atoms with van der Waals surface area (Å²) in [4.78, 5) is 81.0. The number of nitrogens with zero attached hydrogens (tertiary/aromatic N) is 3. The van der Waals surface area contributed by atoms with Gasteiger partial charge in [-0.3, -0.25) is 28.9 Å². The average molecular weight is 885 g/mol. The molecule has 0 unspecified atom stereocenters. The predicted octanol–water partition coefficient (Wildman–Crippen LogP) is 8.24. The van der Waals surface area contributed by atoms with Crippen molar-refractivity contribution >= 4 is 41.1 Å². The minimum atomic E-state index is -0.975. The van der Waals surface area contributed by atoms with Gasteiger partial charge in [0.2, 0.25) is 5.91 Å². The second kappa shape index (κ2) is 27.2. The van der Waals surface area contributed by atoms with Crippen LogP contribution in [0.25, 0.3) is 0 Å². The molecule has 0 radical (unpaired) electrons. The predicted molar refractivity (Wildman–Crippen MR) is 244 cm³/mol. The number of alkyl carbamates (subject to hydrolysis) is 1. The van der Waals surface area contributed by atoms with Gasteiger partial charge in [0.15, 0.2) is 6.10 Å². The number of carboxylic acid groups (broad SMARTS) is 1. The number of piperidine rings is 1. The second-order valence-corrected chi connectivity index (χ2v) is 18.4. The van der Waals surface area contributed by atoms with E-state index >= 15 is 0 Å². The number of aliphatic carboxylic acids is 1. The van der Waals surface area contributed by atoms with Crippen LogP contribution in [-0.2, 0) is 30.4 Å². The highest BCUT2D eigenvalue weighted by molar-refractivity contribution is 7.09. The maximum Gasteiger partial charge on any atom is 0.407 e. The molecule has 15 heteroatoms. The van der Waals surface area contributed by atoms with Gasteiger partial charge in [-0.05, 0) is 76.4 Å². The molecule has 1 aliphatic rings. The summed E-state index contributed by atoms with van der Waals surface area (Å²) in [6.45, 7) is 17.2. The molecule has 62 heavy (non-hydrogen) atoms. The third-order valence-corrected chi connectivity index (χ3v) is 12.8. The zero-order valence-electron chi connectivity index (χ0n) is 38.9. The first-order valence-corrected chi connectivity index (χ1v) is 23.9. The van der Waals surface area contributed by atoms with Crippen molar-refractivity contribution in [2.24, 2.45) is 17.8 Å². The fourth-order valence-corrected chi connectivity index (χ4v) is 8.45. The van der Waals surface area contributed by atoms with E-state index in [0.29, 0.717) is 24.4 Å². The van der Waals surface area contributed by atoms with E-state index < -0.39 is 48.1 Å². The third kappa shape index (κ3) is 16.9. The van der Waals surface area contributed by atoms with Gasteiger partial charge in [0, 0.05) is 24.4 Å². The quantitative estimate of drug-likeness (QED) is 0.0504. The Morgan fingerprint density at radius 1 is 0.952 bits per heavy atom. The lowest BCUT2D eigenvalue weighted by atomic mass is 9.93. The molecule has 1 saturated heterocycles. The van der Waals surface area contributed by atoms with E-state index in [1.54, 1.807) is 12.3 Å². The van der Waals surface area contributed by atoms with Crippen molar-refractivity contribution in [2.45, 2.75) is 169 Å². The summed E-state index contributed by atoms with van der Waals surface area (Å²) in [7, 11) is 1.94. The van der Waals surface area contributed by atoms with E-state index in [4.69, 9.17) is 14.6 Å². The molecule has 0 bridgehead atoms. The number of benzene rings is 1. The van der Waals surface area contributed by atoms with Crippen LogP contribution < -0.4 is 16.0 Å². The molecule has 14 nitrogen and oxygen atoms in total. The van der Waals surface area contributed by atoms with Crippen molar-refractivity contribution < 1.29 is 38.7 Å². The first-order valence-electron chi connectivity index (χ1n) is 23.1.